The molecule has 0 aliphatic heterocycles. The zero-order valence-corrected chi connectivity index (χ0v) is 12.1. The van der Waals surface area contributed by atoms with E-state index in [-0.39, 0.29) is 5.92 Å². The van der Waals surface area contributed by atoms with Crippen molar-refractivity contribution in [3.63, 3.8) is 0 Å². The van der Waals surface area contributed by atoms with Crippen LogP contribution in [0.2, 0.25) is 0 Å². The Labute approximate surface area is 119 Å². The SMILES string of the molecule is COc1ccc(C(CN)C(O)c2cc(C)oc2C)cc1. The van der Waals surface area contributed by atoms with Crippen LogP contribution < -0.4 is 10.5 Å². The Morgan fingerprint density at radius 3 is 2.35 bits per heavy atom. The van der Waals surface area contributed by atoms with Crippen molar-refractivity contribution >= 4 is 0 Å². The maximum atomic E-state index is 10.6. The van der Waals surface area contributed by atoms with Crippen LogP contribution >= 0.6 is 0 Å². The summed E-state index contributed by atoms with van der Waals surface area (Å²) in [5.74, 6) is 2.15. The van der Waals surface area contributed by atoms with Gasteiger partial charge in [-0.15, -0.1) is 0 Å². The quantitative estimate of drug-likeness (QED) is 0.880. The first-order chi connectivity index (χ1) is 9.56. The minimum atomic E-state index is -0.675. The number of methoxy groups -OCH3 is 1. The Balaban J connectivity index is 2.28. The minimum Gasteiger partial charge on any atom is -0.497 e. The second kappa shape index (κ2) is 6.11. The molecule has 2 unspecified atom stereocenters. The number of aryl methyl sites for hydroxylation is 2. The summed E-state index contributed by atoms with van der Waals surface area (Å²) < 4.78 is 10.6. The van der Waals surface area contributed by atoms with Crippen LogP contribution in [-0.4, -0.2) is 18.8 Å². The van der Waals surface area contributed by atoms with Gasteiger partial charge in [-0.3, -0.25) is 0 Å². The third-order valence-corrected chi connectivity index (χ3v) is 3.58. The molecule has 0 aliphatic carbocycles. The average Bonchev–Trinajstić information content (AvgIpc) is 2.79. The van der Waals surface area contributed by atoms with E-state index in [1.807, 2.05) is 44.2 Å². The highest BCUT2D eigenvalue weighted by molar-refractivity contribution is 5.33. The van der Waals surface area contributed by atoms with E-state index in [9.17, 15) is 5.11 Å². The van der Waals surface area contributed by atoms with Crippen molar-refractivity contribution in [3.8, 4) is 5.75 Å². The fourth-order valence-electron chi connectivity index (χ4n) is 2.46. The topological polar surface area (TPSA) is 68.6 Å². The molecule has 0 spiro atoms. The standard InChI is InChI=1S/C16H21NO3/c1-10-8-14(11(2)20-10)16(18)15(9-17)12-4-6-13(19-3)7-5-12/h4-8,15-16,18H,9,17H2,1-3H3. The van der Waals surface area contributed by atoms with E-state index >= 15 is 0 Å². The highest BCUT2D eigenvalue weighted by Crippen LogP contribution is 2.33. The molecule has 0 fully saturated rings. The predicted molar refractivity (Wildman–Crippen MR) is 77.9 cm³/mol. The monoisotopic (exact) mass is 275 g/mol. The van der Waals surface area contributed by atoms with Crippen molar-refractivity contribution in [2.75, 3.05) is 13.7 Å². The van der Waals surface area contributed by atoms with Crippen LogP contribution in [0.1, 0.15) is 34.7 Å². The number of aliphatic hydroxyl groups is 1. The number of furan rings is 1. The molecule has 0 radical (unpaired) electrons. The number of hydrogen-bond acceptors (Lipinski definition) is 4. The maximum Gasteiger partial charge on any atom is 0.118 e. The van der Waals surface area contributed by atoms with Gasteiger partial charge < -0.3 is 20.0 Å². The predicted octanol–water partition coefficient (Wildman–Crippen LogP) is 2.68. The van der Waals surface area contributed by atoms with Crippen LogP contribution in [0.3, 0.4) is 0 Å². The summed E-state index contributed by atoms with van der Waals surface area (Å²) in [5.41, 5.74) is 7.63. The van der Waals surface area contributed by atoms with Gasteiger partial charge in [-0.1, -0.05) is 12.1 Å². The lowest BCUT2D eigenvalue weighted by Crippen LogP contribution is -2.20. The zero-order chi connectivity index (χ0) is 14.7. The summed E-state index contributed by atoms with van der Waals surface area (Å²) in [4.78, 5) is 0. The van der Waals surface area contributed by atoms with Crippen molar-refractivity contribution in [2.45, 2.75) is 25.9 Å². The van der Waals surface area contributed by atoms with Gasteiger partial charge in [-0.2, -0.15) is 0 Å². The summed E-state index contributed by atoms with van der Waals surface area (Å²) in [7, 11) is 1.63. The first kappa shape index (κ1) is 14.6. The minimum absolute atomic E-state index is 0.170. The fraction of sp³-hybridized carbons (Fsp3) is 0.375. The van der Waals surface area contributed by atoms with E-state index in [0.717, 1.165) is 28.4 Å². The first-order valence-electron chi connectivity index (χ1n) is 6.65. The van der Waals surface area contributed by atoms with Gasteiger partial charge in [-0.25, -0.2) is 0 Å². The maximum absolute atomic E-state index is 10.6. The highest BCUT2D eigenvalue weighted by Gasteiger charge is 2.24. The van der Waals surface area contributed by atoms with Crippen molar-refractivity contribution < 1.29 is 14.3 Å². The Morgan fingerprint density at radius 1 is 1.25 bits per heavy atom. The highest BCUT2D eigenvalue weighted by atomic mass is 16.5. The van der Waals surface area contributed by atoms with E-state index in [1.54, 1.807) is 7.11 Å². The number of benzene rings is 1. The molecular weight excluding hydrogens is 254 g/mol. The van der Waals surface area contributed by atoms with Gasteiger partial charge in [0.2, 0.25) is 0 Å². The lowest BCUT2D eigenvalue weighted by molar-refractivity contribution is 0.145. The zero-order valence-electron chi connectivity index (χ0n) is 12.1. The van der Waals surface area contributed by atoms with E-state index in [2.05, 4.69) is 0 Å². The summed E-state index contributed by atoms with van der Waals surface area (Å²) in [6.45, 7) is 4.08. The van der Waals surface area contributed by atoms with Crippen molar-refractivity contribution in [3.05, 3.63) is 53.0 Å². The summed E-state index contributed by atoms with van der Waals surface area (Å²) in [6.07, 6.45) is -0.675. The Morgan fingerprint density at radius 2 is 1.90 bits per heavy atom. The molecule has 0 saturated carbocycles. The molecule has 20 heavy (non-hydrogen) atoms. The number of aliphatic hydroxyl groups excluding tert-OH is 1. The number of hydrogen-bond donors (Lipinski definition) is 2. The van der Waals surface area contributed by atoms with Crippen molar-refractivity contribution in [1.82, 2.24) is 0 Å². The lowest BCUT2D eigenvalue weighted by Gasteiger charge is -2.21. The summed E-state index contributed by atoms with van der Waals surface area (Å²) >= 11 is 0. The van der Waals surface area contributed by atoms with Gasteiger partial charge in [0.05, 0.1) is 13.2 Å². The van der Waals surface area contributed by atoms with Gasteiger partial charge >= 0.3 is 0 Å². The van der Waals surface area contributed by atoms with Crippen LogP contribution in [0, 0.1) is 13.8 Å². The second-order valence-corrected chi connectivity index (χ2v) is 4.93. The molecule has 1 aromatic carbocycles. The molecule has 108 valence electrons. The second-order valence-electron chi connectivity index (χ2n) is 4.93. The summed E-state index contributed by atoms with van der Waals surface area (Å²) in [6, 6.07) is 9.48. The van der Waals surface area contributed by atoms with Crippen molar-refractivity contribution in [2.24, 2.45) is 5.73 Å². The largest absolute Gasteiger partial charge is 0.497 e. The molecule has 2 aromatic rings. The Kier molecular flexibility index (Phi) is 4.47. The first-order valence-corrected chi connectivity index (χ1v) is 6.65. The molecule has 0 amide bonds. The number of rotatable bonds is 5. The van der Waals surface area contributed by atoms with Crippen LogP contribution in [-0.2, 0) is 0 Å². The third kappa shape index (κ3) is 2.86. The molecular formula is C16H21NO3. The van der Waals surface area contributed by atoms with E-state index in [4.69, 9.17) is 14.9 Å². The van der Waals surface area contributed by atoms with Crippen LogP contribution in [0.15, 0.2) is 34.7 Å². The van der Waals surface area contributed by atoms with Gasteiger partial charge in [0.25, 0.3) is 0 Å². The van der Waals surface area contributed by atoms with E-state index in [0.29, 0.717) is 6.54 Å². The molecule has 1 heterocycles. The number of nitrogens with two attached hydrogens (primary N) is 1. The molecule has 0 saturated heterocycles. The molecule has 2 rings (SSSR count). The van der Waals surface area contributed by atoms with Crippen LogP contribution in [0.5, 0.6) is 5.75 Å². The molecule has 1 aromatic heterocycles. The van der Waals surface area contributed by atoms with Gasteiger partial charge in [0, 0.05) is 18.0 Å². The average molecular weight is 275 g/mol. The molecule has 4 nitrogen and oxygen atoms in total. The normalized spacial score (nSPS) is 14.1. The lowest BCUT2D eigenvalue weighted by atomic mass is 9.89. The van der Waals surface area contributed by atoms with E-state index < -0.39 is 6.10 Å². The van der Waals surface area contributed by atoms with Crippen LogP contribution in [0.25, 0.3) is 0 Å². The smallest absolute Gasteiger partial charge is 0.118 e. The Bertz CT molecular complexity index is 560. The van der Waals surface area contributed by atoms with Gasteiger partial charge in [0.15, 0.2) is 0 Å². The van der Waals surface area contributed by atoms with Crippen molar-refractivity contribution in [1.29, 1.82) is 0 Å². The molecule has 4 heteroatoms. The molecule has 0 bridgehead atoms. The van der Waals surface area contributed by atoms with Crippen LogP contribution in [0.4, 0.5) is 0 Å². The fourth-order valence-corrected chi connectivity index (χ4v) is 2.46. The van der Waals surface area contributed by atoms with Gasteiger partial charge in [0.1, 0.15) is 17.3 Å². The molecule has 0 aliphatic rings. The van der Waals surface area contributed by atoms with Gasteiger partial charge in [-0.05, 0) is 37.6 Å². The molecule has 3 N–H and O–H groups in total. The van der Waals surface area contributed by atoms with E-state index in [1.165, 1.54) is 0 Å². The number of ether oxygens (including phenoxy) is 1. The Hall–Kier alpha value is -1.78. The molecule has 2 atom stereocenters. The third-order valence-electron chi connectivity index (χ3n) is 3.58. The summed E-state index contributed by atoms with van der Waals surface area (Å²) in [5, 5.41) is 10.6.